The zero-order chi connectivity index (χ0) is 50.9. The van der Waals surface area contributed by atoms with Crippen LogP contribution in [0.15, 0.2) is 121 Å². The Morgan fingerprint density at radius 2 is 0.699 bits per heavy atom. The van der Waals surface area contributed by atoms with E-state index in [1.165, 1.54) is 0 Å². The van der Waals surface area contributed by atoms with Crippen LogP contribution in [0.25, 0.3) is 0 Å². The fourth-order valence-electron chi connectivity index (χ4n) is 10.5. The van der Waals surface area contributed by atoms with E-state index in [1.807, 2.05) is 128 Å². The molecule has 0 saturated carbocycles. The Hall–Kier alpha value is -9.23. The van der Waals surface area contributed by atoms with Gasteiger partial charge in [0.1, 0.15) is 23.0 Å². The number of fused-ring (bicyclic) bond motifs is 2. The molecule has 0 bridgehead atoms. The zero-order valence-corrected chi connectivity index (χ0v) is 41.3. The van der Waals surface area contributed by atoms with Gasteiger partial charge in [-0.2, -0.15) is 0 Å². The van der Waals surface area contributed by atoms with E-state index in [1.54, 1.807) is 55.0 Å². The summed E-state index contributed by atoms with van der Waals surface area (Å²) in [7, 11) is 6.44. The van der Waals surface area contributed by atoms with Gasteiger partial charge in [0.2, 0.25) is 0 Å². The van der Waals surface area contributed by atoms with E-state index in [9.17, 15) is 0 Å². The van der Waals surface area contributed by atoms with E-state index < -0.39 is 29.4 Å². The third-order valence-corrected chi connectivity index (χ3v) is 14.1. The van der Waals surface area contributed by atoms with Crippen molar-refractivity contribution in [2.45, 2.75) is 57.8 Å². The van der Waals surface area contributed by atoms with Gasteiger partial charge in [0.05, 0.1) is 61.2 Å². The van der Waals surface area contributed by atoms with Crippen LogP contribution in [0.1, 0.15) is 87.0 Å². The summed E-state index contributed by atoms with van der Waals surface area (Å²) in [5, 5.41) is 0. The van der Waals surface area contributed by atoms with Crippen molar-refractivity contribution in [3.8, 4) is 70.4 Å². The Morgan fingerprint density at radius 1 is 0.425 bits per heavy atom. The third kappa shape index (κ3) is 8.04. The van der Waals surface area contributed by atoms with Gasteiger partial charge in [0.25, 0.3) is 5.66 Å². The molecule has 0 aromatic heterocycles. The molecule has 6 aromatic carbocycles. The minimum Gasteiger partial charge on any atom is -0.497 e. The highest BCUT2D eigenvalue weighted by Crippen LogP contribution is 2.58. The van der Waals surface area contributed by atoms with Crippen LogP contribution >= 0.6 is 0 Å². The molecule has 0 radical (unpaired) electrons. The summed E-state index contributed by atoms with van der Waals surface area (Å²) in [5.41, 5.74) is 4.78. The maximum Gasteiger partial charge on any atom is 0.358 e. The van der Waals surface area contributed by atoms with Gasteiger partial charge in [0.15, 0.2) is 5.66 Å². The van der Waals surface area contributed by atoms with Gasteiger partial charge in [-0.05, 0) is 157 Å². The standard InChI is InChI=1S/C61H50N4O8/c1-7-60-61(57(66)73-8-2)64-39-55-47(23-11-43-17-33-51(71-5)34-18-43)27-28-48(24-12-44-19-35-52(72-6)36-20-44)56(55)40-65(61)59(68)63(60)38-54-46(22-10-42-15-31-50(70-4)32-16-42)26-25-45(53(54)37-62(60)58(64)67)21-9-41-13-29-49(69-3)30-14-41/h13-20,25-36H,7-8,37-40H2,1-6H3/t60-,61+. The minimum atomic E-state index is -1.96. The van der Waals surface area contributed by atoms with Gasteiger partial charge in [-0.25, -0.2) is 14.4 Å². The van der Waals surface area contributed by atoms with Crippen LogP contribution < -0.4 is 18.9 Å². The molecule has 0 aliphatic carbocycles. The Morgan fingerprint density at radius 3 is 0.945 bits per heavy atom. The first-order chi connectivity index (χ1) is 35.6. The number of benzene rings is 6. The number of hydrogen-bond acceptors (Lipinski definition) is 8. The molecule has 4 heterocycles. The molecule has 12 heteroatoms. The molecule has 12 nitrogen and oxygen atoms in total. The van der Waals surface area contributed by atoms with E-state index in [2.05, 4.69) is 47.4 Å². The number of carbonyl (C=O) groups excluding carboxylic acids is 3. The van der Waals surface area contributed by atoms with Crippen LogP contribution in [-0.2, 0) is 35.7 Å². The smallest absolute Gasteiger partial charge is 0.358 e. The number of rotatable bonds is 7. The second-order valence-electron chi connectivity index (χ2n) is 17.6. The quantitative estimate of drug-likeness (QED) is 0.115. The molecule has 4 aliphatic rings. The van der Waals surface area contributed by atoms with Gasteiger partial charge in [-0.3, -0.25) is 19.6 Å². The average Bonchev–Trinajstić information content (AvgIpc) is 3.56. The van der Waals surface area contributed by atoms with Crippen molar-refractivity contribution in [2.24, 2.45) is 0 Å². The number of hydrogen-bond donors (Lipinski definition) is 0. The molecule has 362 valence electrons. The monoisotopic (exact) mass is 966 g/mol. The van der Waals surface area contributed by atoms with Gasteiger partial charge in [-0.15, -0.1) is 0 Å². The molecular formula is C61H50N4O8. The topological polar surface area (TPSA) is 110 Å². The third-order valence-electron chi connectivity index (χ3n) is 14.1. The van der Waals surface area contributed by atoms with Crippen LogP contribution in [0.5, 0.6) is 23.0 Å². The molecule has 0 spiro atoms. The van der Waals surface area contributed by atoms with Gasteiger partial charge < -0.3 is 23.7 Å². The summed E-state index contributed by atoms with van der Waals surface area (Å²) >= 11 is 0. The number of carbonyl (C=O) groups is 3. The first kappa shape index (κ1) is 47.4. The normalized spacial score (nSPS) is 17.6. The molecule has 2 fully saturated rings. The van der Waals surface area contributed by atoms with E-state index >= 15 is 14.4 Å². The highest BCUT2D eigenvalue weighted by molar-refractivity contribution is 6.01. The number of esters is 1. The second-order valence-corrected chi connectivity index (χ2v) is 17.6. The van der Waals surface area contributed by atoms with Crippen molar-refractivity contribution in [3.63, 3.8) is 0 Å². The molecule has 0 atom stereocenters. The summed E-state index contributed by atoms with van der Waals surface area (Å²) in [6.45, 7) is 3.48. The van der Waals surface area contributed by atoms with Crippen LogP contribution in [0.4, 0.5) is 9.59 Å². The predicted molar refractivity (Wildman–Crippen MR) is 274 cm³/mol. The van der Waals surface area contributed by atoms with Crippen LogP contribution in [-0.4, -0.2) is 84.0 Å². The predicted octanol–water partition coefficient (Wildman–Crippen LogP) is 8.89. The molecule has 2 saturated heterocycles. The fraction of sp³-hybridized carbons (Fsp3) is 0.230. The van der Waals surface area contributed by atoms with Gasteiger partial charge >= 0.3 is 18.0 Å². The summed E-state index contributed by atoms with van der Waals surface area (Å²) in [5.74, 6) is 28.9. The first-order valence-electron chi connectivity index (χ1n) is 23.9. The lowest BCUT2D eigenvalue weighted by Crippen LogP contribution is -2.71. The van der Waals surface area contributed by atoms with Crippen molar-refractivity contribution in [1.82, 2.24) is 19.6 Å². The van der Waals surface area contributed by atoms with Crippen molar-refractivity contribution in [1.29, 1.82) is 0 Å². The van der Waals surface area contributed by atoms with E-state index in [0.717, 1.165) is 33.4 Å². The van der Waals surface area contributed by atoms with Gasteiger partial charge in [-0.1, -0.05) is 54.3 Å². The highest BCUT2D eigenvalue weighted by Gasteiger charge is 2.83. The molecule has 10 rings (SSSR count). The number of urea groups is 2. The molecular weight excluding hydrogens is 917 g/mol. The Labute approximate surface area is 425 Å². The largest absolute Gasteiger partial charge is 0.497 e. The average molecular weight is 967 g/mol. The van der Waals surface area contributed by atoms with Crippen molar-refractivity contribution < 1.29 is 38.1 Å². The molecule has 6 aromatic rings. The molecule has 73 heavy (non-hydrogen) atoms. The van der Waals surface area contributed by atoms with Crippen LogP contribution in [0, 0.1) is 47.4 Å². The van der Waals surface area contributed by atoms with E-state index in [4.69, 9.17) is 23.7 Å². The van der Waals surface area contributed by atoms with Crippen molar-refractivity contribution in [2.75, 3.05) is 35.0 Å². The Bertz CT molecular complexity index is 3240. The zero-order valence-electron chi connectivity index (χ0n) is 41.3. The van der Waals surface area contributed by atoms with Crippen molar-refractivity contribution in [3.05, 3.63) is 188 Å². The number of amides is 4. The Kier molecular flexibility index (Phi) is 12.7. The van der Waals surface area contributed by atoms with Crippen LogP contribution in [0.2, 0.25) is 0 Å². The highest BCUT2D eigenvalue weighted by atomic mass is 16.5. The van der Waals surface area contributed by atoms with E-state index in [0.29, 0.717) is 56.4 Å². The fourth-order valence-corrected chi connectivity index (χ4v) is 10.5. The lowest BCUT2D eigenvalue weighted by molar-refractivity contribution is -0.176. The summed E-state index contributed by atoms with van der Waals surface area (Å²) in [6.07, 6.45) is 0.175. The SMILES string of the molecule is CCOC(=O)[C@]12N3Cc4c(C#Cc5ccc(OC)cc5)ccc(C#Cc5ccc(OC)cc5)c4CN1C(=O)N1Cc4c(C#Cc5ccc(OC)cc5)ccc(C#Cc5ccc(OC)cc5)c4CN(C3=O)[C@]12CC. The van der Waals surface area contributed by atoms with E-state index in [-0.39, 0.29) is 39.2 Å². The second kappa shape index (κ2) is 19.5. The molecule has 0 unspecified atom stereocenters. The molecule has 4 aliphatic heterocycles. The van der Waals surface area contributed by atoms with Gasteiger partial charge in [0, 0.05) is 44.5 Å². The Balaban J connectivity index is 1.17. The van der Waals surface area contributed by atoms with Crippen molar-refractivity contribution >= 4 is 18.0 Å². The summed E-state index contributed by atoms with van der Waals surface area (Å²) in [6, 6.07) is 36.5. The summed E-state index contributed by atoms with van der Waals surface area (Å²) < 4.78 is 27.6. The maximum absolute atomic E-state index is 16.0. The first-order valence-corrected chi connectivity index (χ1v) is 23.9. The number of ether oxygens (including phenoxy) is 5. The van der Waals surface area contributed by atoms with Crippen LogP contribution in [0.3, 0.4) is 0 Å². The lowest BCUT2D eigenvalue weighted by Gasteiger charge is -2.46. The minimum absolute atomic E-state index is 0.00494. The maximum atomic E-state index is 16.0. The molecule has 0 N–H and O–H groups in total. The lowest BCUT2D eigenvalue weighted by atomic mass is 9.88. The summed E-state index contributed by atoms with van der Waals surface area (Å²) in [4.78, 5) is 53.8. The number of methoxy groups -OCH3 is 4. The number of nitrogens with zero attached hydrogens (tertiary/aromatic N) is 4. The molecule has 4 amide bonds.